The maximum absolute atomic E-state index is 12.8. The molecule has 44 heavy (non-hydrogen) atoms. The summed E-state index contributed by atoms with van der Waals surface area (Å²) in [6.07, 6.45) is -1.71. The summed E-state index contributed by atoms with van der Waals surface area (Å²) in [6, 6.07) is 20.3. The van der Waals surface area contributed by atoms with Crippen molar-refractivity contribution >= 4 is 52.1 Å². The predicted octanol–water partition coefficient (Wildman–Crippen LogP) is 6.47. The van der Waals surface area contributed by atoms with Gasteiger partial charge in [0, 0.05) is 5.56 Å². The number of amidine groups is 1. The van der Waals surface area contributed by atoms with Gasteiger partial charge in [-0.3, -0.25) is 15.1 Å². The lowest BCUT2D eigenvalue weighted by atomic mass is 9.85. The van der Waals surface area contributed by atoms with E-state index in [1.54, 1.807) is 11.1 Å². The molecular weight excluding hydrogens is 612 g/mol. The van der Waals surface area contributed by atoms with E-state index in [4.69, 9.17) is 12.2 Å². The molecule has 0 saturated carbocycles. The molecule has 0 bridgehead atoms. The number of para-hydroxylation sites is 1. The Labute approximate surface area is 260 Å². The fraction of sp³-hybridized carbons (Fsp3) is 0.200. The molecule has 0 spiro atoms. The summed E-state index contributed by atoms with van der Waals surface area (Å²) in [6.45, 7) is 6.28. The van der Waals surface area contributed by atoms with E-state index in [0.717, 1.165) is 22.4 Å². The molecule has 226 valence electrons. The van der Waals surface area contributed by atoms with Gasteiger partial charge in [-0.05, 0) is 59.1 Å². The standard InChI is InChI=1S/C30H26F3N7O2S2/c1-29(2,3)23-6-4-5-7-24(23)40-25(41)17-44-28(40)36-27(43)37-35-16-19-8-10-20(11-9-19)26-34-18-39(38-26)21-12-14-22(15-13-21)42-30(31,32)33/h4-16,18H,17H2,1-3H3,(H,37,43)/b35-16+,36-28?. The van der Waals surface area contributed by atoms with Crippen LogP contribution in [0.5, 0.6) is 5.75 Å². The van der Waals surface area contributed by atoms with Crippen LogP contribution in [0.1, 0.15) is 31.9 Å². The lowest BCUT2D eigenvalue weighted by Gasteiger charge is -2.27. The highest BCUT2D eigenvalue weighted by Crippen LogP contribution is 2.36. The zero-order valence-corrected chi connectivity index (χ0v) is 25.4. The van der Waals surface area contributed by atoms with Crippen LogP contribution in [0.2, 0.25) is 0 Å². The average Bonchev–Trinajstić information content (AvgIpc) is 3.60. The predicted molar refractivity (Wildman–Crippen MR) is 169 cm³/mol. The Morgan fingerprint density at radius 2 is 1.75 bits per heavy atom. The Bertz CT molecular complexity index is 1730. The molecule has 1 saturated heterocycles. The van der Waals surface area contributed by atoms with Gasteiger partial charge in [-0.1, -0.05) is 75.0 Å². The highest BCUT2D eigenvalue weighted by molar-refractivity contribution is 8.15. The lowest BCUT2D eigenvalue weighted by molar-refractivity contribution is -0.274. The van der Waals surface area contributed by atoms with Crippen LogP contribution in [0.15, 0.2) is 89.2 Å². The second-order valence-electron chi connectivity index (χ2n) is 10.5. The SMILES string of the molecule is CC(C)(C)c1ccccc1N1C(=O)CSC1=NC(=S)N/N=C/c1ccc(-c2ncn(-c3ccc(OC(F)(F)F)cc3)n2)cc1. The van der Waals surface area contributed by atoms with Crippen LogP contribution in [-0.2, 0) is 10.2 Å². The van der Waals surface area contributed by atoms with Crippen molar-refractivity contribution in [3.05, 3.63) is 90.3 Å². The molecule has 9 nitrogen and oxygen atoms in total. The molecule has 0 unspecified atom stereocenters. The monoisotopic (exact) mass is 637 g/mol. The summed E-state index contributed by atoms with van der Waals surface area (Å²) < 4.78 is 42.5. The van der Waals surface area contributed by atoms with Gasteiger partial charge in [0.15, 0.2) is 11.0 Å². The summed E-state index contributed by atoms with van der Waals surface area (Å²) >= 11 is 6.69. The largest absolute Gasteiger partial charge is 0.573 e. The van der Waals surface area contributed by atoms with E-state index < -0.39 is 6.36 Å². The van der Waals surface area contributed by atoms with Crippen molar-refractivity contribution in [3.63, 3.8) is 0 Å². The first-order chi connectivity index (χ1) is 20.9. The third kappa shape index (κ3) is 7.50. The van der Waals surface area contributed by atoms with E-state index in [9.17, 15) is 18.0 Å². The smallest absolute Gasteiger partial charge is 0.406 e. The third-order valence-corrected chi connectivity index (χ3v) is 7.39. The van der Waals surface area contributed by atoms with Crippen LogP contribution in [0, 0.1) is 0 Å². The molecular formula is C30H26F3N7O2S2. The summed E-state index contributed by atoms with van der Waals surface area (Å²) in [4.78, 5) is 23.1. The minimum absolute atomic E-state index is 0.0652. The first kappa shape index (κ1) is 30.9. The van der Waals surface area contributed by atoms with Gasteiger partial charge in [-0.15, -0.1) is 18.3 Å². The topological polar surface area (TPSA) is 97.0 Å². The molecule has 1 fully saturated rings. The van der Waals surface area contributed by atoms with Crippen molar-refractivity contribution in [2.24, 2.45) is 10.1 Å². The number of benzene rings is 3. The quantitative estimate of drug-likeness (QED) is 0.147. The number of anilines is 1. The van der Waals surface area contributed by atoms with Crippen LogP contribution in [-0.4, -0.2) is 49.3 Å². The number of aliphatic imine (C=N–C) groups is 1. The van der Waals surface area contributed by atoms with Crippen molar-refractivity contribution in [2.45, 2.75) is 32.5 Å². The highest BCUT2D eigenvalue weighted by atomic mass is 32.2. The molecule has 1 N–H and O–H groups in total. The molecule has 0 radical (unpaired) electrons. The second-order valence-corrected chi connectivity index (χ2v) is 11.9. The summed E-state index contributed by atoms with van der Waals surface area (Å²) in [7, 11) is 0. The van der Waals surface area contributed by atoms with Crippen molar-refractivity contribution < 1.29 is 22.7 Å². The average molecular weight is 638 g/mol. The van der Waals surface area contributed by atoms with Crippen molar-refractivity contribution in [1.29, 1.82) is 0 Å². The molecule has 4 aromatic rings. The third-order valence-electron chi connectivity index (χ3n) is 6.28. The van der Waals surface area contributed by atoms with Crippen LogP contribution in [0.4, 0.5) is 18.9 Å². The molecule has 14 heteroatoms. The molecule has 0 aliphatic carbocycles. The van der Waals surface area contributed by atoms with Crippen molar-refractivity contribution in [3.8, 4) is 22.8 Å². The molecule has 5 rings (SSSR count). The van der Waals surface area contributed by atoms with E-state index in [2.05, 4.69) is 51.1 Å². The highest BCUT2D eigenvalue weighted by Gasteiger charge is 2.33. The molecule has 3 aromatic carbocycles. The summed E-state index contributed by atoms with van der Waals surface area (Å²) in [5.41, 5.74) is 6.39. The molecule has 1 amide bonds. The number of thioether (sulfide) groups is 1. The van der Waals surface area contributed by atoms with Gasteiger partial charge in [0.05, 0.1) is 23.3 Å². The van der Waals surface area contributed by atoms with Crippen molar-refractivity contribution in [2.75, 3.05) is 10.7 Å². The first-order valence-corrected chi connectivity index (χ1v) is 14.6. The number of nitrogens with one attached hydrogen (secondary N) is 1. The summed E-state index contributed by atoms with van der Waals surface area (Å²) in [5.74, 6) is 0.314. The second kappa shape index (κ2) is 12.6. The molecule has 1 aliphatic heterocycles. The van der Waals surface area contributed by atoms with Gasteiger partial charge < -0.3 is 4.74 Å². The van der Waals surface area contributed by atoms with Gasteiger partial charge in [-0.2, -0.15) is 10.1 Å². The Balaban J connectivity index is 1.21. The van der Waals surface area contributed by atoms with Gasteiger partial charge in [0.25, 0.3) is 0 Å². The van der Waals surface area contributed by atoms with Gasteiger partial charge in [-0.25, -0.2) is 9.67 Å². The number of hydrazone groups is 1. The van der Waals surface area contributed by atoms with Crippen molar-refractivity contribution in [1.82, 2.24) is 20.2 Å². The normalized spacial score (nSPS) is 14.9. The van der Waals surface area contributed by atoms with Gasteiger partial charge in [0.1, 0.15) is 12.1 Å². The summed E-state index contributed by atoms with van der Waals surface area (Å²) in [5, 5.41) is 9.19. The molecule has 0 atom stereocenters. The van der Waals surface area contributed by atoms with E-state index in [-0.39, 0.29) is 27.9 Å². The number of alkyl halides is 3. The van der Waals surface area contributed by atoms with E-state index in [0.29, 0.717) is 16.7 Å². The minimum atomic E-state index is -4.76. The van der Waals surface area contributed by atoms with E-state index in [1.165, 1.54) is 47.0 Å². The number of carbonyl (C=O) groups is 1. The molecule has 1 aromatic heterocycles. The number of hydrogen-bond acceptors (Lipinski definition) is 7. The Morgan fingerprint density at radius 1 is 1.05 bits per heavy atom. The fourth-order valence-electron chi connectivity index (χ4n) is 4.30. The number of carbonyl (C=O) groups excluding carboxylic acids is 1. The number of rotatable bonds is 6. The maximum atomic E-state index is 12.8. The number of thiocarbonyl (C=S) groups is 1. The fourth-order valence-corrected chi connectivity index (χ4v) is 5.36. The van der Waals surface area contributed by atoms with E-state index >= 15 is 0 Å². The van der Waals surface area contributed by atoms with Crippen LogP contribution in [0.25, 0.3) is 17.1 Å². The Morgan fingerprint density at radius 3 is 2.43 bits per heavy atom. The van der Waals surface area contributed by atoms with Crippen LogP contribution < -0.4 is 15.1 Å². The Hall–Kier alpha value is -4.56. The number of halogens is 3. The number of amides is 1. The van der Waals surface area contributed by atoms with Crippen LogP contribution >= 0.6 is 24.0 Å². The lowest BCUT2D eigenvalue weighted by Crippen LogP contribution is -2.33. The minimum Gasteiger partial charge on any atom is -0.406 e. The van der Waals surface area contributed by atoms with E-state index in [1.807, 2.05) is 48.5 Å². The van der Waals surface area contributed by atoms with Gasteiger partial charge in [0.2, 0.25) is 11.0 Å². The zero-order chi connectivity index (χ0) is 31.5. The molecule has 2 heterocycles. The first-order valence-electron chi connectivity index (χ1n) is 13.2. The maximum Gasteiger partial charge on any atom is 0.573 e. The zero-order valence-electron chi connectivity index (χ0n) is 23.7. The van der Waals surface area contributed by atoms with Crippen LogP contribution in [0.3, 0.4) is 0 Å². The number of hydrogen-bond donors (Lipinski definition) is 1. The number of ether oxygens (including phenoxy) is 1. The number of nitrogens with zero attached hydrogens (tertiary/aromatic N) is 6. The number of aromatic nitrogens is 3. The Kier molecular flexibility index (Phi) is 8.83. The molecule has 1 aliphatic rings. The van der Waals surface area contributed by atoms with Gasteiger partial charge >= 0.3 is 6.36 Å².